The first kappa shape index (κ1) is 22.2. The second-order valence-corrected chi connectivity index (χ2v) is 9.20. The molecular formula is C23H17F2N3O4S. The fraction of sp³-hybridized carbons (Fsp3) is 0.130. The molecule has 10 heteroatoms. The van der Waals surface area contributed by atoms with Gasteiger partial charge in [-0.25, -0.2) is 17.2 Å². The van der Waals surface area contributed by atoms with Crippen LogP contribution in [0.15, 0.2) is 65.6 Å². The number of carbonyl (C=O) groups excluding carboxylic acids is 1. The van der Waals surface area contributed by atoms with E-state index in [2.05, 4.69) is 5.32 Å². The van der Waals surface area contributed by atoms with Crippen molar-refractivity contribution in [3.8, 4) is 11.8 Å². The van der Waals surface area contributed by atoms with Crippen molar-refractivity contribution >= 4 is 27.3 Å². The lowest BCUT2D eigenvalue weighted by Crippen LogP contribution is -2.42. The molecule has 3 aromatic carbocycles. The largest absolute Gasteiger partial charge is 0.487 e. The number of carbonyl (C=O) groups is 1. The van der Waals surface area contributed by atoms with Crippen molar-refractivity contribution < 1.29 is 26.7 Å². The molecule has 1 aliphatic heterocycles. The number of nitrogens with one attached hydrogen (secondary N) is 1. The number of hydrogen-bond donors (Lipinski definition) is 1. The quantitative estimate of drug-likeness (QED) is 0.621. The predicted octanol–water partition coefficient (Wildman–Crippen LogP) is 4.06. The Bertz CT molecular complexity index is 1380. The van der Waals surface area contributed by atoms with E-state index in [0.717, 1.165) is 22.5 Å². The minimum absolute atomic E-state index is 0.0224. The van der Waals surface area contributed by atoms with Crippen molar-refractivity contribution in [1.82, 2.24) is 0 Å². The summed E-state index contributed by atoms with van der Waals surface area (Å²) in [7, 11) is -4.08. The molecule has 1 aliphatic rings. The van der Waals surface area contributed by atoms with Crippen LogP contribution in [-0.2, 0) is 10.0 Å². The van der Waals surface area contributed by atoms with Crippen molar-refractivity contribution in [2.24, 2.45) is 0 Å². The Morgan fingerprint density at radius 2 is 1.82 bits per heavy atom. The molecule has 0 fully saturated rings. The van der Waals surface area contributed by atoms with Crippen LogP contribution >= 0.6 is 0 Å². The predicted molar refractivity (Wildman–Crippen MR) is 117 cm³/mol. The molecule has 1 atom stereocenters. The molecule has 0 aromatic heterocycles. The number of rotatable bonds is 4. The van der Waals surface area contributed by atoms with E-state index in [-0.39, 0.29) is 34.1 Å². The first-order chi connectivity index (χ1) is 15.7. The summed E-state index contributed by atoms with van der Waals surface area (Å²) >= 11 is 0. The molecule has 7 nitrogen and oxygen atoms in total. The molecule has 33 heavy (non-hydrogen) atoms. The highest BCUT2D eigenvalue weighted by atomic mass is 32.2. The second-order valence-electron chi connectivity index (χ2n) is 7.34. The first-order valence-electron chi connectivity index (χ1n) is 9.79. The maximum atomic E-state index is 14.0. The van der Waals surface area contributed by atoms with Gasteiger partial charge < -0.3 is 10.1 Å². The fourth-order valence-corrected chi connectivity index (χ4v) is 5.05. The summed E-state index contributed by atoms with van der Waals surface area (Å²) in [6.07, 6.45) is -0.473. The van der Waals surface area contributed by atoms with Gasteiger partial charge in [-0.15, -0.1) is 0 Å². The summed E-state index contributed by atoms with van der Waals surface area (Å²) in [5, 5.41) is 11.5. The van der Waals surface area contributed by atoms with E-state index in [0.29, 0.717) is 0 Å². The summed E-state index contributed by atoms with van der Waals surface area (Å²) < 4.78 is 61.5. The number of anilines is 2. The highest BCUT2D eigenvalue weighted by Crippen LogP contribution is 2.39. The van der Waals surface area contributed by atoms with Gasteiger partial charge in [0.2, 0.25) is 0 Å². The average molecular weight is 469 g/mol. The zero-order valence-electron chi connectivity index (χ0n) is 17.2. The molecule has 0 saturated heterocycles. The Morgan fingerprint density at radius 3 is 2.52 bits per heavy atom. The Balaban J connectivity index is 1.72. The SMILES string of the molecule is C[C@H]1CN(S(=O)(=O)c2cccc(C#N)c2)c2cc(NC(=O)c3c(F)cccc3F)ccc2O1. The van der Waals surface area contributed by atoms with Crippen molar-refractivity contribution in [3.63, 3.8) is 0 Å². The number of ether oxygens (including phenoxy) is 1. The van der Waals surface area contributed by atoms with Crippen molar-refractivity contribution in [1.29, 1.82) is 5.26 Å². The molecular weight excluding hydrogens is 452 g/mol. The Labute approximate surface area is 188 Å². The van der Waals surface area contributed by atoms with E-state index >= 15 is 0 Å². The number of amides is 1. The maximum Gasteiger partial charge on any atom is 0.264 e. The van der Waals surface area contributed by atoms with Gasteiger partial charge in [0.15, 0.2) is 0 Å². The third kappa shape index (κ3) is 4.23. The van der Waals surface area contributed by atoms with Gasteiger partial charge in [-0.2, -0.15) is 5.26 Å². The number of fused-ring (bicyclic) bond motifs is 1. The zero-order chi connectivity index (χ0) is 23.8. The van der Waals surface area contributed by atoms with Gasteiger partial charge in [0.25, 0.3) is 15.9 Å². The maximum absolute atomic E-state index is 14.0. The second kappa shape index (κ2) is 8.52. The van der Waals surface area contributed by atoms with Crippen LogP contribution in [0.2, 0.25) is 0 Å². The Morgan fingerprint density at radius 1 is 1.12 bits per heavy atom. The fourth-order valence-electron chi connectivity index (χ4n) is 3.46. The van der Waals surface area contributed by atoms with Gasteiger partial charge >= 0.3 is 0 Å². The average Bonchev–Trinajstić information content (AvgIpc) is 2.78. The van der Waals surface area contributed by atoms with Gasteiger partial charge in [-0.3, -0.25) is 9.10 Å². The zero-order valence-corrected chi connectivity index (χ0v) is 18.1. The Hall–Kier alpha value is -3.97. The van der Waals surface area contributed by atoms with Crippen molar-refractivity contribution in [3.05, 3.63) is 83.4 Å². The minimum atomic E-state index is -4.08. The number of sulfonamides is 1. The number of benzene rings is 3. The number of nitrogens with zero attached hydrogens (tertiary/aromatic N) is 2. The topological polar surface area (TPSA) is 99.5 Å². The standard InChI is InChI=1S/C23H17F2N3O4S/c1-14-13-28(33(30,31)17-5-2-4-15(10-17)12-26)20-11-16(8-9-21(20)32-14)27-23(29)22-18(24)6-3-7-19(22)25/h2-11,14H,13H2,1H3,(H,27,29)/t14-/m0/s1. The smallest absolute Gasteiger partial charge is 0.264 e. The monoisotopic (exact) mass is 469 g/mol. The van der Waals surface area contributed by atoms with E-state index in [1.165, 1.54) is 42.5 Å². The third-order valence-corrected chi connectivity index (χ3v) is 6.75. The van der Waals surface area contributed by atoms with Gasteiger partial charge in [0.1, 0.15) is 29.1 Å². The van der Waals surface area contributed by atoms with Gasteiger partial charge in [0, 0.05) is 5.69 Å². The molecule has 0 bridgehead atoms. The molecule has 1 heterocycles. The van der Waals surface area contributed by atoms with Crippen LogP contribution in [0.4, 0.5) is 20.2 Å². The van der Waals surface area contributed by atoms with E-state index < -0.39 is 39.2 Å². The summed E-state index contributed by atoms with van der Waals surface area (Å²) in [4.78, 5) is 12.4. The van der Waals surface area contributed by atoms with Crippen LogP contribution in [0.3, 0.4) is 0 Å². The van der Waals surface area contributed by atoms with Crippen LogP contribution < -0.4 is 14.4 Å². The molecule has 0 radical (unpaired) electrons. The van der Waals surface area contributed by atoms with Crippen LogP contribution in [0.1, 0.15) is 22.8 Å². The first-order valence-corrected chi connectivity index (χ1v) is 11.2. The van der Waals surface area contributed by atoms with Crippen LogP contribution in [0.25, 0.3) is 0 Å². The number of hydrogen-bond acceptors (Lipinski definition) is 5. The minimum Gasteiger partial charge on any atom is -0.487 e. The van der Waals surface area contributed by atoms with Crippen LogP contribution in [-0.4, -0.2) is 27.0 Å². The van der Waals surface area contributed by atoms with Gasteiger partial charge in [-0.1, -0.05) is 12.1 Å². The lowest BCUT2D eigenvalue weighted by Gasteiger charge is -2.34. The van der Waals surface area contributed by atoms with Gasteiger partial charge in [0.05, 0.1) is 28.8 Å². The highest BCUT2D eigenvalue weighted by Gasteiger charge is 2.33. The Kier molecular flexibility index (Phi) is 5.74. The summed E-state index contributed by atoms with van der Waals surface area (Å²) in [5.41, 5.74) is -0.309. The lowest BCUT2D eigenvalue weighted by molar-refractivity contribution is 0.101. The normalized spacial score (nSPS) is 15.2. The summed E-state index contributed by atoms with van der Waals surface area (Å²) in [6, 6.07) is 14.8. The van der Waals surface area contributed by atoms with E-state index in [9.17, 15) is 22.0 Å². The molecule has 0 aliphatic carbocycles. The highest BCUT2D eigenvalue weighted by molar-refractivity contribution is 7.92. The molecule has 4 rings (SSSR count). The van der Waals surface area contributed by atoms with Crippen LogP contribution in [0.5, 0.6) is 5.75 Å². The summed E-state index contributed by atoms with van der Waals surface area (Å²) in [6.45, 7) is 1.68. The summed E-state index contributed by atoms with van der Waals surface area (Å²) in [5.74, 6) is -2.82. The van der Waals surface area contributed by atoms with Crippen LogP contribution in [0, 0.1) is 23.0 Å². The van der Waals surface area contributed by atoms with Gasteiger partial charge in [-0.05, 0) is 55.5 Å². The number of nitriles is 1. The third-order valence-electron chi connectivity index (χ3n) is 4.98. The number of halogens is 2. The molecule has 0 unspecified atom stereocenters. The molecule has 168 valence electrons. The molecule has 1 amide bonds. The molecule has 1 N–H and O–H groups in total. The molecule has 0 saturated carbocycles. The lowest BCUT2D eigenvalue weighted by atomic mass is 10.1. The molecule has 3 aromatic rings. The van der Waals surface area contributed by atoms with Crippen molar-refractivity contribution in [2.75, 3.05) is 16.2 Å². The van der Waals surface area contributed by atoms with E-state index in [1.54, 1.807) is 6.92 Å². The van der Waals surface area contributed by atoms with Crippen molar-refractivity contribution in [2.45, 2.75) is 17.9 Å². The molecule has 0 spiro atoms. The van der Waals surface area contributed by atoms with E-state index in [1.807, 2.05) is 6.07 Å². The van der Waals surface area contributed by atoms with E-state index in [4.69, 9.17) is 10.00 Å².